The Kier molecular flexibility index (Phi) is 5.29. The van der Waals surface area contributed by atoms with Gasteiger partial charge >= 0.3 is 12.0 Å². The van der Waals surface area contributed by atoms with Gasteiger partial charge in [0.25, 0.3) is 0 Å². The van der Waals surface area contributed by atoms with Crippen molar-refractivity contribution in [1.82, 2.24) is 10.3 Å². The zero-order valence-electron chi connectivity index (χ0n) is 11.3. The number of rotatable bonds is 5. The van der Waals surface area contributed by atoms with Crippen LogP contribution < -0.4 is 10.6 Å². The van der Waals surface area contributed by atoms with Crippen LogP contribution >= 0.6 is 0 Å². The first-order valence-electron chi connectivity index (χ1n) is 6.17. The summed E-state index contributed by atoms with van der Waals surface area (Å²) in [7, 11) is 0. The minimum atomic E-state index is -1.04. The summed E-state index contributed by atoms with van der Waals surface area (Å²) in [5.74, 6) is -1.18. The smallest absolute Gasteiger partial charge is 0.326 e. The van der Waals surface area contributed by atoms with E-state index in [1.807, 2.05) is 13.8 Å². The molecule has 0 fully saturated rings. The predicted octanol–water partition coefficient (Wildman–Crippen LogP) is 2.01. The van der Waals surface area contributed by atoms with E-state index in [1.54, 1.807) is 19.1 Å². The molecule has 0 aliphatic rings. The molecule has 2 amide bonds. The van der Waals surface area contributed by atoms with E-state index in [-0.39, 0.29) is 5.92 Å². The number of aromatic nitrogens is 1. The number of aliphatic carboxylic acids is 1. The highest BCUT2D eigenvalue weighted by molar-refractivity contribution is 5.92. The summed E-state index contributed by atoms with van der Waals surface area (Å²) in [6.07, 6.45) is 2.19. The molecule has 6 heteroatoms. The highest BCUT2D eigenvalue weighted by Crippen LogP contribution is 2.09. The Morgan fingerprint density at radius 3 is 2.58 bits per heavy atom. The lowest BCUT2D eigenvalue weighted by molar-refractivity contribution is -0.140. The summed E-state index contributed by atoms with van der Waals surface area (Å²) in [6.45, 7) is 5.50. The zero-order valence-corrected chi connectivity index (χ0v) is 11.3. The molecule has 0 aliphatic heterocycles. The summed E-state index contributed by atoms with van der Waals surface area (Å²) in [5, 5.41) is 14.1. The van der Waals surface area contributed by atoms with Crippen molar-refractivity contribution in [3.05, 3.63) is 24.0 Å². The molecule has 1 aromatic rings. The van der Waals surface area contributed by atoms with Crippen LogP contribution in [0.3, 0.4) is 0 Å². The van der Waals surface area contributed by atoms with Crippen molar-refractivity contribution >= 4 is 17.7 Å². The lowest BCUT2D eigenvalue weighted by atomic mass is 9.99. The number of nitrogens with one attached hydrogen (secondary N) is 2. The number of aryl methyl sites for hydroxylation is 1. The molecule has 19 heavy (non-hydrogen) atoms. The SMILES string of the molecule is CCC(C)C(NC(=O)Nc1ccc(C)nc1)C(=O)O. The number of carboxylic acid groups (broad SMARTS) is 1. The fourth-order valence-corrected chi connectivity index (χ4v) is 1.53. The molecule has 1 heterocycles. The lowest BCUT2D eigenvalue weighted by Crippen LogP contribution is -2.46. The van der Waals surface area contributed by atoms with Crippen LogP contribution in [0.15, 0.2) is 18.3 Å². The van der Waals surface area contributed by atoms with Crippen molar-refractivity contribution in [3.63, 3.8) is 0 Å². The Hall–Kier alpha value is -2.11. The Bertz CT molecular complexity index is 445. The van der Waals surface area contributed by atoms with Gasteiger partial charge in [-0.3, -0.25) is 4.98 Å². The van der Waals surface area contributed by atoms with E-state index in [0.717, 1.165) is 5.69 Å². The van der Waals surface area contributed by atoms with Crippen LogP contribution in [0.2, 0.25) is 0 Å². The molecule has 0 bridgehead atoms. The maximum atomic E-state index is 11.7. The van der Waals surface area contributed by atoms with Gasteiger partial charge in [0, 0.05) is 5.69 Å². The molecule has 0 aliphatic carbocycles. The highest BCUT2D eigenvalue weighted by atomic mass is 16.4. The standard InChI is InChI=1S/C13H19N3O3/c1-4-8(2)11(12(17)18)16-13(19)15-10-6-5-9(3)14-7-10/h5-8,11H,4H2,1-3H3,(H,17,18)(H2,15,16,19). The third kappa shape index (κ3) is 4.57. The molecule has 0 saturated heterocycles. The van der Waals surface area contributed by atoms with Crippen LogP contribution in [0.4, 0.5) is 10.5 Å². The molecule has 0 radical (unpaired) electrons. The van der Waals surface area contributed by atoms with E-state index >= 15 is 0 Å². The second-order valence-electron chi connectivity index (χ2n) is 4.49. The Labute approximate surface area is 112 Å². The van der Waals surface area contributed by atoms with E-state index in [1.165, 1.54) is 6.20 Å². The minimum Gasteiger partial charge on any atom is -0.480 e. The number of carboxylic acids is 1. The van der Waals surface area contributed by atoms with E-state index in [9.17, 15) is 9.59 Å². The molecule has 1 rings (SSSR count). The van der Waals surface area contributed by atoms with Gasteiger partial charge in [-0.1, -0.05) is 20.3 Å². The number of hydrogen-bond acceptors (Lipinski definition) is 3. The van der Waals surface area contributed by atoms with Crippen LogP contribution in [0.25, 0.3) is 0 Å². The third-order valence-electron chi connectivity index (χ3n) is 2.93. The summed E-state index contributed by atoms with van der Waals surface area (Å²) in [4.78, 5) is 26.8. The van der Waals surface area contributed by atoms with Crippen LogP contribution in [0.5, 0.6) is 0 Å². The van der Waals surface area contributed by atoms with Gasteiger partial charge in [-0.05, 0) is 25.0 Å². The molecule has 0 aromatic carbocycles. The van der Waals surface area contributed by atoms with Gasteiger partial charge in [-0.2, -0.15) is 0 Å². The van der Waals surface area contributed by atoms with E-state index in [2.05, 4.69) is 15.6 Å². The zero-order chi connectivity index (χ0) is 14.4. The number of carbonyl (C=O) groups is 2. The van der Waals surface area contributed by atoms with E-state index in [4.69, 9.17) is 5.11 Å². The first-order chi connectivity index (χ1) is 8.93. The maximum absolute atomic E-state index is 11.7. The second-order valence-corrected chi connectivity index (χ2v) is 4.49. The number of anilines is 1. The molecule has 1 aromatic heterocycles. The highest BCUT2D eigenvalue weighted by Gasteiger charge is 2.25. The van der Waals surface area contributed by atoms with Gasteiger partial charge in [-0.15, -0.1) is 0 Å². The lowest BCUT2D eigenvalue weighted by Gasteiger charge is -2.20. The number of hydrogen-bond donors (Lipinski definition) is 3. The summed E-state index contributed by atoms with van der Waals surface area (Å²) in [6, 6.07) is 2.03. The average molecular weight is 265 g/mol. The average Bonchev–Trinajstić information content (AvgIpc) is 2.37. The number of urea groups is 1. The number of nitrogens with zero attached hydrogens (tertiary/aromatic N) is 1. The molecule has 0 spiro atoms. The van der Waals surface area contributed by atoms with Crippen molar-refractivity contribution in [2.75, 3.05) is 5.32 Å². The van der Waals surface area contributed by atoms with Gasteiger partial charge in [0.1, 0.15) is 6.04 Å². The molecule has 0 saturated carbocycles. The summed E-state index contributed by atoms with van der Waals surface area (Å²) >= 11 is 0. The summed E-state index contributed by atoms with van der Waals surface area (Å²) < 4.78 is 0. The minimum absolute atomic E-state index is 0.139. The Morgan fingerprint density at radius 2 is 2.11 bits per heavy atom. The van der Waals surface area contributed by atoms with E-state index < -0.39 is 18.0 Å². The second kappa shape index (κ2) is 6.72. The molecule has 6 nitrogen and oxygen atoms in total. The number of amides is 2. The molecule has 2 unspecified atom stereocenters. The predicted molar refractivity (Wildman–Crippen MR) is 72.0 cm³/mol. The van der Waals surface area contributed by atoms with Gasteiger partial charge in [-0.25, -0.2) is 9.59 Å². The van der Waals surface area contributed by atoms with Crippen LogP contribution in [0.1, 0.15) is 26.0 Å². The molecule has 104 valence electrons. The quantitative estimate of drug-likeness (QED) is 0.759. The Balaban J connectivity index is 2.62. The normalized spacial score (nSPS) is 13.4. The number of carbonyl (C=O) groups excluding carboxylic acids is 1. The van der Waals surface area contributed by atoms with Gasteiger partial charge in [0.2, 0.25) is 0 Å². The van der Waals surface area contributed by atoms with Crippen LogP contribution in [-0.2, 0) is 4.79 Å². The fourth-order valence-electron chi connectivity index (χ4n) is 1.53. The van der Waals surface area contributed by atoms with Gasteiger partial charge < -0.3 is 15.7 Å². The third-order valence-corrected chi connectivity index (χ3v) is 2.93. The Morgan fingerprint density at radius 1 is 1.42 bits per heavy atom. The van der Waals surface area contributed by atoms with E-state index in [0.29, 0.717) is 12.1 Å². The maximum Gasteiger partial charge on any atom is 0.326 e. The number of pyridine rings is 1. The largest absolute Gasteiger partial charge is 0.480 e. The fraction of sp³-hybridized carbons (Fsp3) is 0.462. The molecule has 2 atom stereocenters. The van der Waals surface area contributed by atoms with Crippen molar-refractivity contribution < 1.29 is 14.7 Å². The molecular weight excluding hydrogens is 246 g/mol. The first-order valence-corrected chi connectivity index (χ1v) is 6.17. The monoisotopic (exact) mass is 265 g/mol. The van der Waals surface area contributed by atoms with Crippen LogP contribution in [0, 0.1) is 12.8 Å². The van der Waals surface area contributed by atoms with Crippen molar-refractivity contribution in [3.8, 4) is 0 Å². The molecule has 3 N–H and O–H groups in total. The van der Waals surface area contributed by atoms with Crippen molar-refractivity contribution in [2.24, 2.45) is 5.92 Å². The van der Waals surface area contributed by atoms with Crippen LogP contribution in [-0.4, -0.2) is 28.1 Å². The van der Waals surface area contributed by atoms with Crippen molar-refractivity contribution in [2.45, 2.75) is 33.2 Å². The topological polar surface area (TPSA) is 91.3 Å². The first kappa shape index (κ1) is 14.9. The van der Waals surface area contributed by atoms with Crippen molar-refractivity contribution in [1.29, 1.82) is 0 Å². The molecular formula is C13H19N3O3. The summed E-state index contributed by atoms with van der Waals surface area (Å²) in [5.41, 5.74) is 1.37. The van der Waals surface area contributed by atoms with Gasteiger partial charge in [0.15, 0.2) is 0 Å². The van der Waals surface area contributed by atoms with Gasteiger partial charge in [0.05, 0.1) is 11.9 Å².